The van der Waals surface area contributed by atoms with Crippen LogP contribution in [0.25, 0.3) is 5.69 Å². The maximum Gasteiger partial charge on any atom is 0.269 e. The number of nitro groups is 1. The van der Waals surface area contributed by atoms with E-state index in [2.05, 4.69) is 10.4 Å². The molecule has 2 aromatic carbocycles. The summed E-state index contributed by atoms with van der Waals surface area (Å²) < 4.78 is 1.76. The zero-order valence-electron chi connectivity index (χ0n) is 14.5. The second-order valence-corrected chi connectivity index (χ2v) is 7.26. The van der Waals surface area contributed by atoms with Crippen LogP contribution in [-0.2, 0) is 11.5 Å². The summed E-state index contributed by atoms with van der Waals surface area (Å²) in [5.41, 5.74) is 4.29. The molecule has 27 heavy (non-hydrogen) atoms. The molecule has 7 nitrogen and oxygen atoms in total. The summed E-state index contributed by atoms with van der Waals surface area (Å²) in [5, 5.41) is 18.4. The molecule has 0 fully saturated rings. The van der Waals surface area contributed by atoms with Gasteiger partial charge in [0.25, 0.3) is 11.6 Å². The highest BCUT2D eigenvalue weighted by molar-refractivity contribution is 7.98. The second kappa shape index (κ2) is 6.88. The molecular formula is C19H16N4O3S. The van der Waals surface area contributed by atoms with Gasteiger partial charge in [-0.2, -0.15) is 16.9 Å². The number of rotatable bonds is 4. The number of hydrogen-bond acceptors (Lipinski definition) is 5. The lowest BCUT2D eigenvalue weighted by atomic mass is 10.2. The van der Waals surface area contributed by atoms with Gasteiger partial charge in [0.15, 0.2) is 0 Å². The smallest absolute Gasteiger partial charge is 0.269 e. The van der Waals surface area contributed by atoms with Gasteiger partial charge < -0.3 is 5.32 Å². The van der Waals surface area contributed by atoms with Gasteiger partial charge in [-0.05, 0) is 36.8 Å². The van der Waals surface area contributed by atoms with Gasteiger partial charge in [-0.1, -0.05) is 12.1 Å². The van der Waals surface area contributed by atoms with E-state index in [1.165, 1.54) is 24.3 Å². The van der Waals surface area contributed by atoms with Gasteiger partial charge in [0.1, 0.15) is 5.82 Å². The number of nitro benzene ring substituents is 1. The van der Waals surface area contributed by atoms with Crippen LogP contribution in [0, 0.1) is 17.0 Å². The summed E-state index contributed by atoms with van der Waals surface area (Å²) in [5.74, 6) is 1.94. The number of hydrogen-bond donors (Lipinski definition) is 1. The maximum absolute atomic E-state index is 12.7. The minimum Gasteiger partial charge on any atom is -0.306 e. The molecule has 3 aromatic rings. The number of benzene rings is 2. The van der Waals surface area contributed by atoms with Crippen molar-refractivity contribution in [2.75, 3.05) is 5.32 Å². The number of non-ortho nitro benzene ring substituents is 1. The molecule has 8 heteroatoms. The fourth-order valence-electron chi connectivity index (χ4n) is 3.00. The topological polar surface area (TPSA) is 90.1 Å². The van der Waals surface area contributed by atoms with Crippen molar-refractivity contribution >= 4 is 29.2 Å². The number of amides is 1. The van der Waals surface area contributed by atoms with Crippen LogP contribution in [0.5, 0.6) is 0 Å². The molecule has 0 bridgehead atoms. The van der Waals surface area contributed by atoms with Gasteiger partial charge in [-0.25, -0.2) is 4.68 Å². The lowest BCUT2D eigenvalue weighted by Crippen LogP contribution is -2.16. The van der Waals surface area contributed by atoms with E-state index in [1.807, 2.05) is 31.2 Å². The van der Waals surface area contributed by atoms with E-state index in [-0.39, 0.29) is 11.6 Å². The molecule has 1 aromatic heterocycles. The van der Waals surface area contributed by atoms with Crippen LogP contribution >= 0.6 is 11.8 Å². The molecule has 0 unspecified atom stereocenters. The molecule has 0 radical (unpaired) electrons. The van der Waals surface area contributed by atoms with E-state index in [4.69, 9.17) is 0 Å². The predicted molar refractivity (Wildman–Crippen MR) is 104 cm³/mol. The second-order valence-electron chi connectivity index (χ2n) is 6.28. The van der Waals surface area contributed by atoms with Crippen molar-refractivity contribution < 1.29 is 9.72 Å². The summed E-state index contributed by atoms with van der Waals surface area (Å²) in [6.45, 7) is 2.01. The average Bonchev–Trinajstić information content (AvgIpc) is 3.24. The van der Waals surface area contributed by atoms with E-state index in [1.54, 1.807) is 16.4 Å². The SMILES string of the molecule is Cc1cccc(-n2nc3c(c2NC(=O)c2ccc([N+](=O)[O-])cc2)CSC3)c1. The maximum atomic E-state index is 12.7. The molecule has 136 valence electrons. The number of carbonyl (C=O) groups is 1. The quantitative estimate of drug-likeness (QED) is 0.544. The Morgan fingerprint density at radius 2 is 2.00 bits per heavy atom. The monoisotopic (exact) mass is 380 g/mol. The summed E-state index contributed by atoms with van der Waals surface area (Å²) in [6, 6.07) is 13.5. The van der Waals surface area contributed by atoms with E-state index in [9.17, 15) is 14.9 Å². The summed E-state index contributed by atoms with van der Waals surface area (Å²) in [7, 11) is 0. The third-order valence-corrected chi connectivity index (χ3v) is 5.34. The first-order chi connectivity index (χ1) is 13.0. The van der Waals surface area contributed by atoms with Gasteiger partial charge in [0.05, 0.1) is 16.3 Å². The van der Waals surface area contributed by atoms with Gasteiger partial charge in [0.2, 0.25) is 0 Å². The van der Waals surface area contributed by atoms with Gasteiger partial charge in [0, 0.05) is 34.8 Å². The zero-order chi connectivity index (χ0) is 19.0. The summed E-state index contributed by atoms with van der Waals surface area (Å²) in [4.78, 5) is 23.0. The van der Waals surface area contributed by atoms with Crippen molar-refractivity contribution in [1.29, 1.82) is 0 Å². The minimum absolute atomic E-state index is 0.0476. The number of nitrogens with one attached hydrogen (secondary N) is 1. The Hall–Kier alpha value is -3.13. The van der Waals surface area contributed by atoms with Crippen LogP contribution in [0.15, 0.2) is 48.5 Å². The Labute approximate surface area is 159 Å². The van der Waals surface area contributed by atoms with Crippen molar-refractivity contribution in [1.82, 2.24) is 9.78 Å². The first-order valence-corrected chi connectivity index (χ1v) is 9.50. The molecule has 0 saturated heterocycles. The summed E-state index contributed by atoms with van der Waals surface area (Å²) in [6.07, 6.45) is 0. The molecule has 1 aliphatic heterocycles. The number of aryl methyl sites for hydroxylation is 1. The summed E-state index contributed by atoms with van der Waals surface area (Å²) >= 11 is 1.76. The molecule has 4 rings (SSSR count). The Balaban J connectivity index is 1.69. The molecule has 2 heterocycles. The third-order valence-electron chi connectivity index (χ3n) is 4.37. The third kappa shape index (κ3) is 3.31. The number of aromatic nitrogens is 2. The van der Waals surface area contributed by atoms with Crippen molar-refractivity contribution in [3.63, 3.8) is 0 Å². The Morgan fingerprint density at radius 1 is 1.22 bits per heavy atom. The van der Waals surface area contributed by atoms with E-state index in [0.717, 1.165) is 34.0 Å². The lowest BCUT2D eigenvalue weighted by molar-refractivity contribution is -0.384. The largest absolute Gasteiger partial charge is 0.306 e. The molecule has 0 atom stereocenters. The van der Waals surface area contributed by atoms with Crippen molar-refractivity contribution in [2.45, 2.75) is 18.4 Å². The van der Waals surface area contributed by atoms with Crippen LogP contribution in [0.4, 0.5) is 11.5 Å². The van der Waals surface area contributed by atoms with Crippen LogP contribution in [0.1, 0.15) is 27.2 Å². The Kier molecular flexibility index (Phi) is 4.41. The van der Waals surface area contributed by atoms with E-state index >= 15 is 0 Å². The molecule has 0 aliphatic carbocycles. The molecule has 1 N–H and O–H groups in total. The Morgan fingerprint density at radius 3 is 2.70 bits per heavy atom. The number of carbonyl (C=O) groups excluding carboxylic acids is 1. The predicted octanol–water partition coefficient (Wildman–Crippen LogP) is 4.09. The minimum atomic E-state index is -0.488. The first-order valence-electron chi connectivity index (χ1n) is 8.34. The average molecular weight is 380 g/mol. The highest BCUT2D eigenvalue weighted by atomic mass is 32.2. The highest BCUT2D eigenvalue weighted by Crippen LogP contribution is 2.36. The van der Waals surface area contributed by atoms with Crippen LogP contribution in [0.3, 0.4) is 0 Å². The molecular weight excluding hydrogens is 364 g/mol. The number of nitrogens with zero attached hydrogens (tertiary/aromatic N) is 3. The van der Waals surface area contributed by atoms with Crippen LogP contribution in [-0.4, -0.2) is 20.6 Å². The van der Waals surface area contributed by atoms with E-state index < -0.39 is 4.92 Å². The normalized spacial score (nSPS) is 12.6. The fourth-order valence-corrected chi connectivity index (χ4v) is 4.04. The van der Waals surface area contributed by atoms with Crippen molar-refractivity contribution in [2.24, 2.45) is 0 Å². The van der Waals surface area contributed by atoms with Gasteiger partial charge in [-0.3, -0.25) is 14.9 Å². The van der Waals surface area contributed by atoms with E-state index in [0.29, 0.717) is 11.4 Å². The number of thioether (sulfide) groups is 1. The molecule has 1 aliphatic rings. The van der Waals surface area contributed by atoms with Crippen LogP contribution < -0.4 is 5.32 Å². The molecule has 0 spiro atoms. The van der Waals surface area contributed by atoms with Gasteiger partial charge in [-0.15, -0.1) is 0 Å². The number of fused-ring (bicyclic) bond motifs is 1. The van der Waals surface area contributed by atoms with Crippen LogP contribution in [0.2, 0.25) is 0 Å². The van der Waals surface area contributed by atoms with Crippen molar-refractivity contribution in [3.05, 3.63) is 81.0 Å². The molecule has 1 amide bonds. The highest BCUT2D eigenvalue weighted by Gasteiger charge is 2.25. The lowest BCUT2D eigenvalue weighted by Gasteiger charge is -2.11. The Bertz CT molecular complexity index is 1040. The fraction of sp³-hybridized carbons (Fsp3) is 0.158. The molecule has 0 saturated carbocycles. The van der Waals surface area contributed by atoms with Crippen molar-refractivity contribution in [3.8, 4) is 5.69 Å². The van der Waals surface area contributed by atoms with Gasteiger partial charge >= 0.3 is 0 Å². The first kappa shape index (κ1) is 17.3. The number of anilines is 1. The standard InChI is InChI=1S/C19H16N4O3S/c1-12-3-2-4-15(9-12)22-18(16-10-27-11-17(16)21-22)20-19(24)13-5-7-14(8-6-13)23(25)26/h2-9H,10-11H2,1H3,(H,20,24). The zero-order valence-corrected chi connectivity index (χ0v) is 15.3.